The summed E-state index contributed by atoms with van der Waals surface area (Å²) >= 11 is 0. The van der Waals surface area contributed by atoms with Gasteiger partial charge in [-0.2, -0.15) is 0 Å². The van der Waals surface area contributed by atoms with Gasteiger partial charge in [-0.15, -0.1) is 0 Å². The number of aliphatic hydroxyl groups is 1. The maximum atomic E-state index is 11.3. The topological polar surface area (TPSA) is 67.8 Å². The standard InChI is InChI=1S/C10H19NO4/c1-3-4-10(7-11-5-6-14-10)15-9(13)8(2)12/h8,11-12H,3-7H2,1-2H3. The number of nitrogens with one attached hydrogen (secondary N) is 1. The summed E-state index contributed by atoms with van der Waals surface area (Å²) < 4.78 is 10.7. The summed E-state index contributed by atoms with van der Waals surface area (Å²) in [6.45, 7) is 5.15. The Balaban J connectivity index is 2.59. The van der Waals surface area contributed by atoms with Crippen LogP contribution in [0.3, 0.4) is 0 Å². The van der Waals surface area contributed by atoms with Crippen LogP contribution in [0.4, 0.5) is 0 Å². The zero-order valence-corrected chi connectivity index (χ0v) is 9.28. The van der Waals surface area contributed by atoms with Crippen molar-refractivity contribution < 1.29 is 19.4 Å². The Labute approximate surface area is 89.8 Å². The number of ether oxygens (including phenoxy) is 2. The number of rotatable bonds is 4. The molecule has 0 spiro atoms. The molecule has 0 radical (unpaired) electrons. The van der Waals surface area contributed by atoms with Gasteiger partial charge < -0.3 is 19.9 Å². The summed E-state index contributed by atoms with van der Waals surface area (Å²) in [6, 6.07) is 0. The molecule has 0 saturated carbocycles. The molecular formula is C10H19NO4. The number of hydrogen-bond acceptors (Lipinski definition) is 5. The zero-order chi connectivity index (χ0) is 11.3. The first-order valence-electron chi connectivity index (χ1n) is 5.35. The smallest absolute Gasteiger partial charge is 0.337 e. The predicted molar refractivity (Wildman–Crippen MR) is 54.2 cm³/mol. The van der Waals surface area contributed by atoms with E-state index >= 15 is 0 Å². The van der Waals surface area contributed by atoms with E-state index in [-0.39, 0.29) is 0 Å². The molecule has 1 heterocycles. The Morgan fingerprint density at radius 1 is 1.73 bits per heavy atom. The van der Waals surface area contributed by atoms with Crippen LogP contribution in [-0.4, -0.2) is 42.7 Å². The van der Waals surface area contributed by atoms with Gasteiger partial charge in [-0.1, -0.05) is 6.92 Å². The van der Waals surface area contributed by atoms with Crippen LogP contribution >= 0.6 is 0 Å². The maximum Gasteiger partial charge on any atom is 0.337 e. The number of hydrogen-bond donors (Lipinski definition) is 2. The Hall–Kier alpha value is -0.650. The van der Waals surface area contributed by atoms with Crippen molar-refractivity contribution in [3.05, 3.63) is 0 Å². The fourth-order valence-corrected chi connectivity index (χ4v) is 1.57. The maximum absolute atomic E-state index is 11.3. The molecule has 1 aliphatic heterocycles. The van der Waals surface area contributed by atoms with Crippen molar-refractivity contribution in [3.63, 3.8) is 0 Å². The van der Waals surface area contributed by atoms with Gasteiger partial charge in [0.1, 0.15) is 6.10 Å². The van der Waals surface area contributed by atoms with Gasteiger partial charge >= 0.3 is 5.97 Å². The monoisotopic (exact) mass is 217 g/mol. The minimum absolute atomic E-state index is 0.485. The first kappa shape index (κ1) is 12.4. The Morgan fingerprint density at radius 3 is 2.93 bits per heavy atom. The molecule has 0 bridgehead atoms. The summed E-state index contributed by atoms with van der Waals surface area (Å²) in [5.74, 6) is -1.52. The molecule has 5 heteroatoms. The normalized spacial score (nSPS) is 28.5. The first-order chi connectivity index (χ1) is 7.09. The van der Waals surface area contributed by atoms with Crippen molar-refractivity contribution in [3.8, 4) is 0 Å². The fraction of sp³-hybridized carbons (Fsp3) is 0.900. The van der Waals surface area contributed by atoms with Gasteiger partial charge in [-0.25, -0.2) is 4.79 Å². The molecule has 0 aromatic rings. The van der Waals surface area contributed by atoms with E-state index in [1.165, 1.54) is 6.92 Å². The molecule has 15 heavy (non-hydrogen) atoms. The zero-order valence-electron chi connectivity index (χ0n) is 9.28. The SMILES string of the molecule is CCCC1(OC(=O)C(C)O)CNCCO1. The van der Waals surface area contributed by atoms with Gasteiger partial charge in [0.05, 0.1) is 13.2 Å². The number of aliphatic hydroxyl groups excluding tert-OH is 1. The second-order valence-electron chi connectivity index (χ2n) is 3.78. The van der Waals surface area contributed by atoms with Gasteiger partial charge in [-0.3, -0.25) is 0 Å². The van der Waals surface area contributed by atoms with E-state index in [4.69, 9.17) is 14.6 Å². The van der Waals surface area contributed by atoms with Crippen molar-refractivity contribution >= 4 is 5.97 Å². The molecule has 1 saturated heterocycles. The summed E-state index contributed by atoms with van der Waals surface area (Å²) in [7, 11) is 0. The van der Waals surface area contributed by atoms with Gasteiger partial charge in [0, 0.05) is 13.0 Å². The summed E-state index contributed by atoms with van der Waals surface area (Å²) in [5, 5.41) is 12.2. The second kappa shape index (κ2) is 5.44. The highest BCUT2D eigenvalue weighted by molar-refractivity contribution is 5.74. The van der Waals surface area contributed by atoms with Crippen molar-refractivity contribution in [1.29, 1.82) is 0 Å². The van der Waals surface area contributed by atoms with Crippen LogP contribution in [0.5, 0.6) is 0 Å². The third kappa shape index (κ3) is 3.44. The molecule has 2 unspecified atom stereocenters. The Bertz CT molecular complexity index is 206. The molecule has 88 valence electrons. The lowest BCUT2D eigenvalue weighted by atomic mass is 10.1. The highest BCUT2D eigenvalue weighted by atomic mass is 16.7. The van der Waals surface area contributed by atoms with E-state index in [0.717, 1.165) is 13.0 Å². The van der Waals surface area contributed by atoms with Gasteiger partial charge in [-0.05, 0) is 13.3 Å². The molecule has 1 rings (SSSR count). The average molecular weight is 217 g/mol. The quantitative estimate of drug-likeness (QED) is 0.650. The van der Waals surface area contributed by atoms with Crippen molar-refractivity contribution in [2.45, 2.75) is 38.6 Å². The van der Waals surface area contributed by atoms with Crippen LogP contribution < -0.4 is 5.32 Å². The third-order valence-electron chi connectivity index (χ3n) is 2.30. The minimum atomic E-state index is -1.11. The van der Waals surface area contributed by atoms with E-state index in [9.17, 15) is 4.79 Å². The number of esters is 1. The minimum Gasteiger partial charge on any atom is -0.430 e. The first-order valence-corrected chi connectivity index (χ1v) is 5.35. The third-order valence-corrected chi connectivity index (χ3v) is 2.30. The van der Waals surface area contributed by atoms with Crippen LogP contribution in [0.2, 0.25) is 0 Å². The molecule has 0 aliphatic carbocycles. The highest BCUT2D eigenvalue weighted by Gasteiger charge is 2.37. The van der Waals surface area contributed by atoms with E-state index in [1.54, 1.807) is 0 Å². The highest BCUT2D eigenvalue weighted by Crippen LogP contribution is 2.22. The molecule has 2 N–H and O–H groups in total. The fourth-order valence-electron chi connectivity index (χ4n) is 1.57. The lowest BCUT2D eigenvalue weighted by molar-refractivity contribution is -0.247. The summed E-state index contributed by atoms with van der Waals surface area (Å²) in [5.41, 5.74) is 0. The van der Waals surface area contributed by atoms with Crippen molar-refractivity contribution in [1.82, 2.24) is 5.32 Å². The van der Waals surface area contributed by atoms with Crippen LogP contribution in [0.1, 0.15) is 26.7 Å². The number of morpholine rings is 1. The van der Waals surface area contributed by atoms with Crippen molar-refractivity contribution in [2.75, 3.05) is 19.7 Å². The molecule has 1 aliphatic rings. The van der Waals surface area contributed by atoms with Crippen LogP contribution in [-0.2, 0) is 14.3 Å². The Morgan fingerprint density at radius 2 is 2.47 bits per heavy atom. The lowest BCUT2D eigenvalue weighted by Crippen LogP contribution is -2.53. The van der Waals surface area contributed by atoms with Crippen LogP contribution in [0.25, 0.3) is 0 Å². The summed E-state index contributed by atoms with van der Waals surface area (Å²) in [4.78, 5) is 11.3. The Kier molecular flexibility index (Phi) is 4.50. The van der Waals surface area contributed by atoms with Gasteiger partial charge in [0.25, 0.3) is 0 Å². The van der Waals surface area contributed by atoms with E-state index in [2.05, 4.69) is 5.32 Å². The van der Waals surface area contributed by atoms with Gasteiger partial charge in [0.15, 0.2) is 0 Å². The molecule has 1 fully saturated rings. The average Bonchev–Trinajstić information content (AvgIpc) is 2.19. The molecule has 0 aromatic carbocycles. The molecule has 0 aromatic heterocycles. The van der Waals surface area contributed by atoms with E-state index < -0.39 is 17.9 Å². The van der Waals surface area contributed by atoms with Crippen LogP contribution in [0, 0.1) is 0 Å². The molecule has 5 nitrogen and oxygen atoms in total. The molecule has 0 amide bonds. The second-order valence-corrected chi connectivity index (χ2v) is 3.78. The summed E-state index contributed by atoms with van der Waals surface area (Å²) in [6.07, 6.45) is 0.386. The number of carbonyl (C=O) groups is 1. The largest absolute Gasteiger partial charge is 0.430 e. The molecular weight excluding hydrogens is 198 g/mol. The molecule has 2 atom stereocenters. The predicted octanol–water partition coefficient (Wildman–Crippen LogP) is 0.0266. The van der Waals surface area contributed by atoms with E-state index in [0.29, 0.717) is 19.6 Å². The number of carbonyl (C=O) groups excluding carboxylic acids is 1. The van der Waals surface area contributed by atoms with E-state index in [1.807, 2.05) is 6.92 Å². The van der Waals surface area contributed by atoms with Crippen LogP contribution in [0.15, 0.2) is 0 Å². The van der Waals surface area contributed by atoms with Gasteiger partial charge in [0.2, 0.25) is 5.79 Å². The lowest BCUT2D eigenvalue weighted by Gasteiger charge is -2.37. The van der Waals surface area contributed by atoms with Crippen molar-refractivity contribution in [2.24, 2.45) is 0 Å².